The SMILES string of the molecule is NC(=S)Nc1cc(C(=O)N2CCCC2)ccc1N1CCCC1. The summed E-state index contributed by atoms with van der Waals surface area (Å²) in [6.07, 6.45) is 4.58. The van der Waals surface area contributed by atoms with Crippen molar-refractivity contribution in [2.45, 2.75) is 25.7 Å². The summed E-state index contributed by atoms with van der Waals surface area (Å²) in [4.78, 5) is 16.8. The average molecular weight is 318 g/mol. The topological polar surface area (TPSA) is 61.6 Å². The number of likely N-dealkylation sites (tertiary alicyclic amines) is 1. The normalized spacial score (nSPS) is 17.8. The molecular formula is C16H22N4OS. The lowest BCUT2D eigenvalue weighted by molar-refractivity contribution is 0.0793. The molecule has 1 amide bonds. The molecule has 0 bridgehead atoms. The van der Waals surface area contributed by atoms with Crippen LogP contribution in [0.5, 0.6) is 0 Å². The van der Waals surface area contributed by atoms with Gasteiger partial charge in [0, 0.05) is 31.7 Å². The van der Waals surface area contributed by atoms with Crippen molar-refractivity contribution in [3.05, 3.63) is 23.8 Å². The first kappa shape index (κ1) is 15.1. The predicted octanol–water partition coefficient (Wildman–Crippen LogP) is 2.18. The van der Waals surface area contributed by atoms with Crippen LogP contribution < -0.4 is 16.0 Å². The number of rotatable bonds is 3. The van der Waals surface area contributed by atoms with Crippen LogP contribution in [0.25, 0.3) is 0 Å². The van der Waals surface area contributed by atoms with E-state index in [9.17, 15) is 4.79 Å². The molecule has 0 radical (unpaired) electrons. The van der Waals surface area contributed by atoms with Gasteiger partial charge in [-0.15, -0.1) is 0 Å². The van der Waals surface area contributed by atoms with E-state index in [1.165, 1.54) is 12.8 Å². The van der Waals surface area contributed by atoms with Crippen LogP contribution in [0.3, 0.4) is 0 Å². The van der Waals surface area contributed by atoms with Crippen molar-refractivity contribution >= 4 is 34.6 Å². The molecule has 0 aliphatic carbocycles. The fourth-order valence-corrected chi connectivity index (χ4v) is 3.35. The quantitative estimate of drug-likeness (QED) is 0.837. The fraction of sp³-hybridized carbons (Fsp3) is 0.500. The van der Waals surface area contributed by atoms with Crippen molar-refractivity contribution in [2.75, 3.05) is 36.4 Å². The van der Waals surface area contributed by atoms with E-state index < -0.39 is 0 Å². The number of amides is 1. The molecule has 6 heteroatoms. The highest BCUT2D eigenvalue weighted by Crippen LogP contribution is 2.30. The first-order chi connectivity index (χ1) is 10.6. The van der Waals surface area contributed by atoms with E-state index in [1.807, 2.05) is 23.1 Å². The molecule has 2 saturated heterocycles. The van der Waals surface area contributed by atoms with Gasteiger partial charge in [-0.2, -0.15) is 0 Å². The smallest absolute Gasteiger partial charge is 0.253 e. The Balaban J connectivity index is 1.88. The zero-order valence-electron chi connectivity index (χ0n) is 12.7. The molecule has 2 heterocycles. The molecule has 2 aliphatic heterocycles. The Labute approximate surface area is 136 Å². The molecule has 118 valence electrons. The van der Waals surface area contributed by atoms with Gasteiger partial charge in [0.05, 0.1) is 11.4 Å². The van der Waals surface area contributed by atoms with Gasteiger partial charge in [0.2, 0.25) is 0 Å². The second kappa shape index (κ2) is 6.52. The predicted molar refractivity (Wildman–Crippen MR) is 93.4 cm³/mol. The fourth-order valence-electron chi connectivity index (χ4n) is 3.24. The van der Waals surface area contributed by atoms with Gasteiger partial charge in [0.25, 0.3) is 5.91 Å². The highest BCUT2D eigenvalue weighted by Gasteiger charge is 2.22. The minimum atomic E-state index is 0.0939. The molecule has 1 aromatic rings. The van der Waals surface area contributed by atoms with Gasteiger partial charge in [-0.05, 0) is 56.1 Å². The summed E-state index contributed by atoms with van der Waals surface area (Å²) >= 11 is 4.98. The van der Waals surface area contributed by atoms with Crippen molar-refractivity contribution < 1.29 is 4.79 Å². The van der Waals surface area contributed by atoms with E-state index in [-0.39, 0.29) is 11.0 Å². The van der Waals surface area contributed by atoms with E-state index in [0.29, 0.717) is 5.56 Å². The summed E-state index contributed by atoms with van der Waals surface area (Å²) in [6.45, 7) is 3.77. The van der Waals surface area contributed by atoms with Gasteiger partial charge in [0.15, 0.2) is 5.11 Å². The van der Waals surface area contributed by atoms with Crippen LogP contribution in [0.15, 0.2) is 18.2 Å². The number of anilines is 2. The number of nitrogens with two attached hydrogens (primary N) is 1. The molecule has 5 nitrogen and oxygen atoms in total. The van der Waals surface area contributed by atoms with E-state index in [1.54, 1.807) is 0 Å². The summed E-state index contributed by atoms with van der Waals surface area (Å²) in [7, 11) is 0. The minimum Gasteiger partial charge on any atom is -0.376 e. The Kier molecular flexibility index (Phi) is 4.47. The van der Waals surface area contributed by atoms with Crippen molar-refractivity contribution in [2.24, 2.45) is 5.73 Å². The van der Waals surface area contributed by atoms with Crippen LogP contribution >= 0.6 is 12.2 Å². The maximum atomic E-state index is 12.5. The third-order valence-electron chi connectivity index (χ3n) is 4.34. The summed E-state index contributed by atoms with van der Waals surface area (Å²) < 4.78 is 0. The molecule has 0 unspecified atom stereocenters. The van der Waals surface area contributed by atoms with Gasteiger partial charge < -0.3 is 20.9 Å². The van der Waals surface area contributed by atoms with Gasteiger partial charge in [-0.3, -0.25) is 4.79 Å². The lowest BCUT2D eigenvalue weighted by Crippen LogP contribution is -2.28. The summed E-state index contributed by atoms with van der Waals surface area (Å²) in [5, 5.41) is 3.26. The highest BCUT2D eigenvalue weighted by molar-refractivity contribution is 7.80. The van der Waals surface area contributed by atoms with E-state index in [0.717, 1.165) is 50.4 Å². The molecule has 3 rings (SSSR count). The van der Waals surface area contributed by atoms with Gasteiger partial charge in [0.1, 0.15) is 0 Å². The third-order valence-corrected chi connectivity index (χ3v) is 4.44. The molecule has 0 atom stereocenters. The summed E-state index contributed by atoms with van der Waals surface area (Å²) in [5.41, 5.74) is 8.25. The zero-order chi connectivity index (χ0) is 15.5. The number of carbonyl (C=O) groups excluding carboxylic acids is 1. The maximum absolute atomic E-state index is 12.5. The second-order valence-corrected chi connectivity index (χ2v) is 6.35. The van der Waals surface area contributed by atoms with Crippen molar-refractivity contribution in [1.82, 2.24) is 4.90 Å². The molecule has 0 spiro atoms. The highest BCUT2D eigenvalue weighted by atomic mass is 32.1. The molecular weight excluding hydrogens is 296 g/mol. The maximum Gasteiger partial charge on any atom is 0.253 e. The van der Waals surface area contributed by atoms with Crippen LogP contribution in [-0.2, 0) is 0 Å². The van der Waals surface area contributed by atoms with Crippen LogP contribution in [0.1, 0.15) is 36.0 Å². The monoisotopic (exact) mass is 318 g/mol. The number of hydrogen-bond acceptors (Lipinski definition) is 3. The number of carbonyl (C=O) groups is 1. The van der Waals surface area contributed by atoms with Crippen molar-refractivity contribution in [3.63, 3.8) is 0 Å². The largest absolute Gasteiger partial charge is 0.376 e. The van der Waals surface area contributed by atoms with E-state index in [4.69, 9.17) is 18.0 Å². The Morgan fingerprint density at radius 1 is 1.09 bits per heavy atom. The molecule has 2 fully saturated rings. The van der Waals surface area contributed by atoms with Gasteiger partial charge >= 0.3 is 0 Å². The second-order valence-electron chi connectivity index (χ2n) is 5.91. The van der Waals surface area contributed by atoms with Crippen LogP contribution in [-0.4, -0.2) is 42.1 Å². The Hall–Kier alpha value is -1.82. The Morgan fingerprint density at radius 2 is 1.73 bits per heavy atom. The number of benzene rings is 1. The lowest BCUT2D eigenvalue weighted by atomic mass is 10.1. The molecule has 0 saturated carbocycles. The molecule has 3 N–H and O–H groups in total. The lowest BCUT2D eigenvalue weighted by Gasteiger charge is -2.23. The number of thiocarbonyl (C=S) groups is 1. The first-order valence-electron chi connectivity index (χ1n) is 7.90. The summed E-state index contributed by atoms with van der Waals surface area (Å²) in [5.74, 6) is 0.0939. The third kappa shape index (κ3) is 3.16. The van der Waals surface area contributed by atoms with Crippen LogP contribution in [0.4, 0.5) is 11.4 Å². The average Bonchev–Trinajstić information content (AvgIpc) is 3.19. The van der Waals surface area contributed by atoms with Crippen LogP contribution in [0.2, 0.25) is 0 Å². The van der Waals surface area contributed by atoms with Gasteiger partial charge in [-0.1, -0.05) is 0 Å². The number of nitrogens with zero attached hydrogens (tertiary/aromatic N) is 2. The first-order valence-corrected chi connectivity index (χ1v) is 8.31. The standard InChI is InChI=1S/C16H22N4OS/c17-16(22)18-13-11-12(15(21)20-9-3-4-10-20)5-6-14(13)19-7-1-2-8-19/h5-6,11H,1-4,7-10H2,(H3,17,18,22). The summed E-state index contributed by atoms with van der Waals surface area (Å²) in [6, 6.07) is 5.81. The van der Waals surface area contributed by atoms with E-state index in [2.05, 4.69) is 10.2 Å². The molecule has 1 aromatic carbocycles. The minimum absolute atomic E-state index is 0.0939. The van der Waals surface area contributed by atoms with E-state index >= 15 is 0 Å². The Morgan fingerprint density at radius 3 is 2.36 bits per heavy atom. The Bertz CT molecular complexity index is 578. The number of nitrogens with one attached hydrogen (secondary N) is 1. The van der Waals surface area contributed by atoms with Crippen LogP contribution in [0, 0.1) is 0 Å². The molecule has 22 heavy (non-hydrogen) atoms. The van der Waals surface area contributed by atoms with Gasteiger partial charge in [-0.25, -0.2) is 0 Å². The number of hydrogen-bond donors (Lipinski definition) is 2. The van der Waals surface area contributed by atoms with Crippen molar-refractivity contribution in [1.29, 1.82) is 0 Å². The zero-order valence-corrected chi connectivity index (χ0v) is 13.5. The van der Waals surface area contributed by atoms with Crippen molar-refractivity contribution in [3.8, 4) is 0 Å². The molecule has 0 aromatic heterocycles. The molecule has 2 aliphatic rings.